The Labute approximate surface area is 210 Å². The number of hydrogen-bond donors (Lipinski definition) is 2. The summed E-state index contributed by atoms with van der Waals surface area (Å²) in [4.78, 5) is 45.1. The van der Waals surface area contributed by atoms with Crippen molar-refractivity contribution in [1.82, 2.24) is 15.2 Å². The number of nitrogens with zero attached hydrogens (tertiary/aromatic N) is 2. The van der Waals surface area contributed by atoms with Crippen LogP contribution in [0.1, 0.15) is 63.0 Å². The van der Waals surface area contributed by atoms with Gasteiger partial charge in [0.1, 0.15) is 17.7 Å². The number of hydrogen-bond acceptors (Lipinski definition) is 5. The summed E-state index contributed by atoms with van der Waals surface area (Å²) in [5.41, 5.74) is 0.524. The Hall–Kier alpha value is -3.33. The fourth-order valence-corrected chi connectivity index (χ4v) is 4.83. The molecule has 1 aromatic carbocycles. The smallest absolute Gasteiger partial charge is 0.247 e. The van der Waals surface area contributed by atoms with Crippen LogP contribution >= 0.6 is 0 Å². The predicted octanol–water partition coefficient (Wildman–Crippen LogP) is 3.75. The summed E-state index contributed by atoms with van der Waals surface area (Å²) in [6, 6.07) is 9.95. The van der Waals surface area contributed by atoms with Crippen molar-refractivity contribution in [2.75, 3.05) is 18.5 Å². The van der Waals surface area contributed by atoms with Gasteiger partial charge in [0, 0.05) is 38.2 Å². The Bertz CT molecular complexity index is 1020. The second-order valence-corrected chi connectivity index (χ2v) is 9.39. The average Bonchev–Trinajstić information content (AvgIpc) is 3.58. The molecule has 1 saturated carbocycles. The first-order chi connectivity index (χ1) is 17.5. The zero-order valence-electron chi connectivity index (χ0n) is 20.3. The molecule has 3 amide bonds. The van der Waals surface area contributed by atoms with E-state index in [1.165, 1.54) is 29.2 Å². The van der Waals surface area contributed by atoms with Crippen molar-refractivity contribution in [2.45, 2.75) is 69.6 Å². The molecule has 2 fully saturated rings. The highest BCUT2D eigenvalue weighted by Gasteiger charge is 2.35. The number of nitrogens with one attached hydrogen (secondary N) is 2. The second kappa shape index (κ2) is 12.6. The number of halogens is 1. The first kappa shape index (κ1) is 25.8. The van der Waals surface area contributed by atoms with Gasteiger partial charge in [0.15, 0.2) is 0 Å². The number of amides is 3. The predicted molar refractivity (Wildman–Crippen MR) is 132 cm³/mol. The molecule has 0 unspecified atom stereocenters. The Morgan fingerprint density at radius 3 is 2.47 bits per heavy atom. The molecule has 192 valence electrons. The van der Waals surface area contributed by atoms with Gasteiger partial charge in [-0.15, -0.1) is 0 Å². The van der Waals surface area contributed by atoms with Crippen LogP contribution in [0, 0.1) is 5.82 Å². The second-order valence-electron chi connectivity index (χ2n) is 9.39. The third kappa shape index (κ3) is 7.10. The molecular weight excluding hydrogens is 463 g/mol. The van der Waals surface area contributed by atoms with Crippen LogP contribution in [-0.2, 0) is 19.1 Å². The monoisotopic (exact) mass is 496 g/mol. The summed E-state index contributed by atoms with van der Waals surface area (Å²) in [5, 5.41) is 5.78. The number of anilines is 1. The first-order valence-electron chi connectivity index (χ1n) is 12.7. The van der Waals surface area contributed by atoms with E-state index < -0.39 is 11.9 Å². The van der Waals surface area contributed by atoms with Gasteiger partial charge in [-0.2, -0.15) is 0 Å². The summed E-state index contributed by atoms with van der Waals surface area (Å²) < 4.78 is 19.5. The third-order valence-corrected chi connectivity index (χ3v) is 6.69. The van der Waals surface area contributed by atoms with Crippen LogP contribution in [0.4, 0.5) is 10.2 Å². The Morgan fingerprint density at radius 2 is 1.81 bits per heavy atom. The molecule has 8 nitrogen and oxygen atoms in total. The minimum Gasteiger partial charge on any atom is -0.376 e. The summed E-state index contributed by atoms with van der Waals surface area (Å²) in [5.74, 6) is -0.980. The Balaban J connectivity index is 1.53. The lowest BCUT2D eigenvalue weighted by Crippen LogP contribution is -2.48. The Kier molecular flexibility index (Phi) is 9.00. The summed E-state index contributed by atoms with van der Waals surface area (Å²) in [6.07, 6.45) is 6.80. The quantitative estimate of drug-likeness (QED) is 0.522. The minimum absolute atomic E-state index is 0.0577. The molecule has 4 rings (SSSR count). The maximum atomic E-state index is 13.7. The van der Waals surface area contributed by atoms with Gasteiger partial charge < -0.3 is 20.3 Å². The van der Waals surface area contributed by atoms with Gasteiger partial charge in [0.05, 0.1) is 6.10 Å². The van der Waals surface area contributed by atoms with Crippen LogP contribution in [0.2, 0.25) is 0 Å². The fraction of sp³-hybridized carbons (Fsp3) is 0.481. The minimum atomic E-state index is -0.943. The highest BCUT2D eigenvalue weighted by Crippen LogP contribution is 2.27. The topological polar surface area (TPSA) is 101 Å². The van der Waals surface area contributed by atoms with Crippen LogP contribution in [0.25, 0.3) is 0 Å². The number of benzene rings is 1. The highest BCUT2D eigenvalue weighted by atomic mass is 19.1. The molecule has 1 aromatic heterocycles. The van der Waals surface area contributed by atoms with Gasteiger partial charge in [-0.05, 0) is 55.5 Å². The number of pyridine rings is 1. The zero-order valence-corrected chi connectivity index (χ0v) is 20.3. The van der Waals surface area contributed by atoms with Crippen molar-refractivity contribution in [2.24, 2.45) is 0 Å². The normalized spacial score (nSPS) is 18.5. The van der Waals surface area contributed by atoms with Crippen molar-refractivity contribution in [1.29, 1.82) is 0 Å². The van der Waals surface area contributed by atoms with Gasteiger partial charge in [-0.1, -0.05) is 31.0 Å². The van der Waals surface area contributed by atoms with Crippen LogP contribution < -0.4 is 10.6 Å². The molecule has 2 aromatic rings. The molecule has 2 aliphatic rings. The first-order valence-corrected chi connectivity index (χ1v) is 12.7. The molecule has 9 heteroatoms. The van der Waals surface area contributed by atoms with Crippen LogP contribution in [-0.4, -0.2) is 52.9 Å². The maximum Gasteiger partial charge on any atom is 0.247 e. The largest absolute Gasteiger partial charge is 0.376 e. The van der Waals surface area contributed by atoms with E-state index >= 15 is 0 Å². The fourth-order valence-electron chi connectivity index (χ4n) is 4.83. The van der Waals surface area contributed by atoms with Crippen molar-refractivity contribution in [3.8, 4) is 0 Å². The molecule has 0 bridgehead atoms. The number of rotatable bonds is 10. The number of aromatic nitrogens is 1. The zero-order chi connectivity index (χ0) is 25.3. The SMILES string of the molecule is O=C(CCC(=O)N(C[C@@H]1CCCO1)[C@H](C(=O)NC1CCCC1)c1ccc(F)cc1)Nc1ccccn1. The number of carbonyl (C=O) groups excluding carboxylic acids is 3. The van der Waals surface area contributed by atoms with Crippen molar-refractivity contribution in [3.63, 3.8) is 0 Å². The molecular formula is C27H33FN4O4. The van der Waals surface area contributed by atoms with Crippen molar-refractivity contribution in [3.05, 3.63) is 60.0 Å². The summed E-state index contributed by atoms with van der Waals surface area (Å²) >= 11 is 0. The molecule has 1 aliphatic carbocycles. The molecule has 2 heterocycles. The van der Waals surface area contributed by atoms with Gasteiger partial charge in [-0.25, -0.2) is 9.37 Å². The van der Waals surface area contributed by atoms with Gasteiger partial charge >= 0.3 is 0 Å². The standard InChI is InChI=1S/C27H33FN4O4/c28-20-12-10-19(11-13-20)26(27(35)30-21-6-1-2-7-21)32(18-22-8-5-17-36-22)25(34)15-14-24(33)31-23-9-3-4-16-29-23/h3-4,9-13,16,21-22,26H,1-2,5-8,14-15,17-18H2,(H,30,35)(H,29,31,33)/t22-,26-/m0/s1. The van der Waals surface area contributed by atoms with Crippen LogP contribution in [0.5, 0.6) is 0 Å². The van der Waals surface area contributed by atoms with E-state index in [1.807, 2.05) is 0 Å². The van der Waals surface area contributed by atoms with Crippen LogP contribution in [0.3, 0.4) is 0 Å². The van der Waals surface area contributed by atoms with E-state index in [4.69, 9.17) is 4.74 Å². The van der Waals surface area contributed by atoms with Gasteiger partial charge in [0.2, 0.25) is 17.7 Å². The summed E-state index contributed by atoms with van der Waals surface area (Å²) in [7, 11) is 0. The molecule has 2 atom stereocenters. The lowest BCUT2D eigenvalue weighted by atomic mass is 10.0. The molecule has 36 heavy (non-hydrogen) atoms. The van der Waals surface area contributed by atoms with Crippen molar-refractivity contribution >= 4 is 23.5 Å². The third-order valence-electron chi connectivity index (χ3n) is 6.69. The number of carbonyl (C=O) groups is 3. The molecule has 0 radical (unpaired) electrons. The van der Waals surface area contributed by atoms with E-state index in [0.29, 0.717) is 18.0 Å². The van der Waals surface area contributed by atoms with E-state index in [2.05, 4.69) is 15.6 Å². The molecule has 1 aliphatic heterocycles. The van der Waals surface area contributed by atoms with Crippen molar-refractivity contribution < 1.29 is 23.5 Å². The van der Waals surface area contributed by atoms with E-state index in [1.54, 1.807) is 24.4 Å². The lowest BCUT2D eigenvalue weighted by molar-refractivity contribution is -0.143. The van der Waals surface area contributed by atoms with E-state index in [9.17, 15) is 18.8 Å². The molecule has 1 saturated heterocycles. The van der Waals surface area contributed by atoms with Gasteiger partial charge in [0.25, 0.3) is 0 Å². The lowest BCUT2D eigenvalue weighted by Gasteiger charge is -2.34. The summed E-state index contributed by atoms with van der Waals surface area (Å²) in [6.45, 7) is 0.829. The number of ether oxygens (including phenoxy) is 1. The molecule has 0 spiro atoms. The van der Waals surface area contributed by atoms with Crippen LogP contribution in [0.15, 0.2) is 48.7 Å². The maximum absolute atomic E-state index is 13.7. The highest BCUT2D eigenvalue weighted by molar-refractivity contribution is 5.94. The Morgan fingerprint density at radius 1 is 1.03 bits per heavy atom. The molecule has 2 N–H and O–H groups in total. The van der Waals surface area contributed by atoms with E-state index in [0.717, 1.165) is 38.5 Å². The average molecular weight is 497 g/mol. The van der Waals surface area contributed by atoms with Gasteiger partial charge in [-0.3, -0.25) is 14.4 Å². The van der Waals surface area contributed by atoms with E-state index in [-0.39, 0.29) is 49.3 Å².